The predicted octanol–water partition coefficient (Wildman–Crippen LogP) is 1.80. The summed E-state index contributed by atoms with van der Waals surface area (Å²) < 4.78 is 1.78. The van der Waals surface area contributed by atoms with Crippen LogP contribution < -0.4 is 5.32 Å². The summed E-state index contributed by atoms with van der Waals surface area (Å²) >= 11 is 0. The Morgan fingerprint density at radius 3 is 2.80 bits per heavy atom. The van der Waals surface area contributed by atoms with Crippen molar-refractivity contribution in [2.75, 3.05) is 13.1 Å². The van der Waals surface area contributed by atoms with Crippen LogP contribution in [-0.2, 0) is 13.6 Å². The highest BCUT2D eigenvalue weighted by Crippen LogP contribution is 2.27. The largest absolute Gasteiger partial charge is 0.311 e. The fourth-order valence-electron chi connectivity index (χ4n) is 2.92. The fraction of sp³-hybridized carbons (Fsp3) is 0.867. The van der Waals surface area contributed by atoms with Gasteiger partial charge in [-0.1, -0.05) is 32.4 Å². The Hall–Kier alpha value is -0.940. The third-order valence-corrected chi connectivity index (χ3v) is 5.02. The first-order valence-corrected chi connectivity index (χ1v) is 7.82. The van der Waals surface area contributed by atoms with Gasteiger partial charge in [-0.25, -0.2) is 0 Å². The van der Waals surface area contributed by atoms with Gasteiger partial charge in [-0.2, -0.15) is 0 Å². The normalized spacial score (nSPS) is 29.6. The zero-order valence-corrected chi connectivity index (χ0v) is 13.6. The van der Waals surface area contributed by atoms with Gasteiger partial charge >= 0.3 is 0 Å². The molecule has 3 unspecified atom stereocenters. The van der Waals surface area contributed by atoms with Crippen molar-refractivity contribution in [3.63, 3.8) is 0 Å². The molecule has 114 valence electrons. The van der Waals surface area contributed by atoms with Crippen molar-refractivity contribution in [3.8, 4) is 0 Å². The lowest BCUT2D eigenvalue weighted by molar-refractivity contribution is 0.0284. The van der Waals surface area contributed by atoms with Crippen LogP contribution in [0.5, 0.6) is 0 Å². The minimum Gasteiger partial charge on any atom is -0.311 e. The van der Waals surface area contributed by atoms with Gasteiger partial charge in [0.05, 0.1) is 5.69 Å². The van der Waals surface area contributed by atoms with Crippen LogP contribution >= 0.6 is 0 Å². The quantitative estimate of drug-likeness (QED) is 0.893. The van der Waals surface area contributed by atoms with Gasteiger partial charge in [0, 0.05) is 44.5 Å². The molecule has 1 N–H and O–H groups in total. The van der Waals surface area contributed by atoms with Crippen molar-refractivity contribution in [1.82, 2.24) is 25.2 Å². The Balaban J connectivity index is 2.11. The van der Waals surface area contributed by atoms with E-state index < -0.39 is 0 Å². The summed E-state index contributed by atoms with van der Waals surface area (Å²) in [6, 6.07) is 0.580. The van der Waals surface area contributed by atoms with E-state index in [4.69, 9.17) is 0 Å². The Bertz CT molecular complexity index is 430. The van der Waals surface area contributed by atoms with E-state index in [2.05, 4.69) is 48.2 Å². The Morgan fingerprint density at radius 1 is 1.50 bits per heavy atom. The third-order valence-electron chi connectivity index (χ3n) is 5.02. The average molecular weight is 279 g/mol. The Kier molecular flexibility index (Phi) is 4.81. The van der Waals surface area contributed by atoms with E-state index in [0.29, 0.717) is 12.0 Å². The van der Waals surface area contributed by atoms with Crippen molar-refractivity contribution < 1.29 is 0 Å². The van der Waals surface area contributed by atoms with Crippen LogP contribution in [0.1, 0.15) is 46.2 Å². The molecule has 1 aromatic heterocycles. The second-order valence-electron chi connectivity index (χ2n) is 6.49. The molecule has 5 nitrogen and oxygen atoms in total. The van der Waals surface area contributed by atoms with Gasteiger partial charge in [0.2, 0.25) is 0 Å². The molecule has 1 saturated heterocycles. The van der Waals surface area contributed by atoms with Crippen LogP contribution in [0, 0.1) is 5.92 Å². The molecular formula is C15H29N5. The van der Waals surface area contributed by atoms with E-state index in [1.165, 1.54) is 6.42 Å². The van der Waals surface area contributed by atoms with E-state index in [1.807, 2.05) is 13.2 Å². The first-order valence-electron chi connectivity index (χ1n) is 7.82. The van der Waals surface area contributed by atoms with Gasteiger partial charge in [0.25, 0.3) is 0 Å². The van der Waals surface area contributed by atoms with Crippen molar-refractivity contribution >= 4 is 0 Å². The molecule has 2 rings (SSSR count). The number of hydrogen-bond acceptors (Lipinski definition) is 4. The van der Waals surface area contributed by atoms with E-state index in [1.54, 1.807) is 4.68 Å². The monoisotopic (exact) mass is 279 g/mol. The lowest BCUT2D eigenvalue weighted by atomic mass is 9.88. The molecule has 0 aliphatic carbocycles. The van der Waals surface area contributed by atoms with Crippen LogP contribution in [0.2, 0.25) is 0 Å². The lowest BCUT2D eigenvalue weighted by Crippen LogP contribution is -2.63. The molecule has 0 radical (unpaired) electrons. The highest BCUT2D eigenvalue weighted by molar-refractivity contribution is 5.01. The standard InChI is InChI=1S/C15H29N5/c1-6-12(3)14-10-20(15(4,7-2)11-16-14)9-13-8-19(5)18-17-13/h8,12,14,16H,6-7,9-11H2,1-5H3. The summed E-state index contributed by atoms with van der Waals surface area (Å²) in [5, 5.41) is 12.1. The Morgan fingerprint density at radius 2 is 2.25 bits per heavy atom. The molecule has 2 heterocycles. The summed E-state index contributed by atoms with van der Waals surface area (Å²) in [4.78, 5) is 2.59. The summed E-state index contributed by atoms with van der Waals surface area (Å²) in [7, 11) is 1.93. The highest BCUT2D eigenvalue weighted by atomic mass is 15.4. The van der Waals surface area contributed by atoms with Gasteiger partial charge < -0.3 is 5.32 Å². The van der Waals surface area contributed by atoms with Crippen molar-refractivity contribution in [3.05, 3.63) is 11.9 Å². The molecule has 5 heteroatoms. The number of aryl methyl sites for hydroxylation is 1. The first-order chi connectivity index (χ1) is 9.48. The highest BCUT2D eigenvalue weighted by Gasteiger charge is 2.37. The third kappa shape index (κ3) is 3.20. The predicted molar refractivity (Wildman–Crippen MR) is 81.4 cm³/mol. The number of aromatic nitrogens is 3. The number of hydrogen-bond donors (Lipinski definition) is 1. The van der Waals surface area contributed by atoms with Crippen molar-refractivity contribution in [2.24, 2.45) is 13.0 Å². The molecule has 1 aliphatic rings. The van der Waals surface area contributed by atoms with E-state index >= 15 is 0 Å². The zero-order chi connectivity index (χ0) is 14.8. The summed E-state index contributed by atoms with van der Waals surface area (Å²) in [6.45, 7) is 12.3. The second-order valence-corrected chi connectivity index (χ2v) is 6.49. The molecule has 0 spiro atoms. The summed E-state index contributed by atoms with van der Waals surface area (Å²) in [5.41, 5.74) is 1.28. The topological polar surface area (TPSA) is 46.0 Å². The number of nitrogens with zero attached hydrogens (tertiary/aromatic N) is 4. The first kappa shape index (κ1) is 15.4. The summed E-state index contributed by atoms with van der Waals surface area (Å²) in [5.74, 6) is 0.709. The van der Waals surface area contributed by atoms with E-state index in [9.17, 15) is 0 Å². The minimum atomic E-state index is 0.210. The van der Waals surface area contributed by atoms with Gasteiger partial charge in [0.1, 0.15) is 0 Å². The minimum absolute atomic E-state index is 0.210. The van der Waals surface area contributed by atoms with E-state index in [-0.39, 0.29) is 5.54 Å². The average Bonchev–Trinajstić information content (AvgIpc) is 2.86. The van der Waals surface area contributed by atoms with Gasteiger partial charge in [-0.05, 0) is 19.3 Å². The number of rotatable bonds is 5. The molecule has 0 saturated carbocycles. The lowest BCUT2D eigenvalue weighted by Gasteiger charge is -2.49. The molecule has 1 fully saturated rings. The molecule has 20 heavy (non-hydrogen) atoms. The maximum Gasteiger partial charge on any atom is 0.0967 e. The van der Waals surface area contributed by atoms with Crippen LogP contribution in [0.3, 0.4) is 0 Å². The fourth-order valence-corrected chi connectivity index (χ4v) is 2.92. The number of nitrogens with one attached hydrogen (secondary N) is 1. The molecule has 1 aliphatic heterocycles. The smallest absolute Gasteiger partial charge is 0.0967 e. The van der Waals surface area contributed by atoms with Crippen molar-refractivity contribution in [1.29, 1.82) is 0 Å². The Labute approximate surface area is 122 Å². The zero-order valence-electron chi connectivity index (χ0n) is 13.6. The van der Waals surface area contributed by atoms with Gasteiger partial charge in [-0.3, -0.25) is 9.58 Å². The molecule has 0 bridgehead atoms. The van der Waals surface area contributed by atoms with Gasteiger partial charge in [0.15, 0.2) is 0 Å². The van der Waals surface area contributed by atoms with Crippen LogP contribution in [0.15, 0.2) is 6.20 Å². The molecular weight excluding hydrogens is 250 g/mol. The summed E-state index contributed by atoms with van der Waals surface area (Å²) in [6.07, 6.45) is 4.39. The van der Waals surface area contributed by atoms with Crippen LogP contribution in [0.4, 0.5) is 0 Å². The van der Waals surface area contributed by atoms with Crippen molar-refractivity contribution in [2.45, 2.75) is 58.7 Å². The molecule has 0 aromatic carbocycles. The SMILES string of the molecule is CCC(C)C1CN(Cc2cn(C)nn2)C(C)(CC)CN1. The molecule has 1 aromatic rings. The molecule has 3 atom stereocenters. The second kappa shape index (κ2) is 6.22. The van der Waals surface area contributed by atoms with Crippen LogP contribution in [-0.4, -0.2) is 44.6 Å². The maximum absolute atomic E-state index is 4.25. The van der Waals surface area contributed by atoms with E-state index in [0.717, 1.165) is 31.7 Å². The van der Waals surface area contributed by atoms with Gasteiger partial charge in [-0.15, -0.1) is 5.10 Å². The molecule has 0 amide bonds. The maximum atomic E-state index is 4.25. The number of piperazine rings is 1. The van der Waals surface area contributed by atoms with Crippen LogP contribution in [0.25, 0.3) is 0 Å².